The Bertz CT molecular complexity index is 734. The Kier molecular flexibility index (Phi) is 3.25. The summed E-state index contributed by atoms with van der Waals surface area (Å²) in [6, 6.07) is 13.8. The highest BCUT2D eigenvalue weighted by molar-refractivity contribution is 5.60. The predicted octanol–water partition coefficient (Wildman–Crippen LogP) is 5.21. The molecule has 0 radical (unpaired) electrons. The molecule has 112 valence electrons. The van der Waals surface area contributed by atoms with Crippen molar-refractivity contribution >= 4 is 5.69 Å². The number of nitrogens with one attached hydrogen (secondary N) is 1. The molecule has 0 unspecified atom stereocenters. The van der Waals surface area contributed by atoms with Crippen LogP contribution < -0.4 is 5.32 Å². The van der Waals surface area contributed by atoms with Crippen LogP contribution in [0.3, 0.4) is 0 Å². The Hall–Kier alpha value is -2.09. The lowest BCUT2D eigenvalue weighted by Gasteiger charge is -2.37. The summed E-state index contributed by atoms with van der Waals surface area (Å²) < 4.78 is 14.3. The minimum atomic E-state index is -0.112. The van der Waals surface area contributed by atoms with E-state index in [0.717, 1.165) is 24.1 Å². The summed E-state index contributed by atoms with van der Waals surface area (Å²) in [5.74, 6) is 0.683. The largest absolute Gasteiger partial charge is 0.378 e. The van der Waals surface area contributed by atoms with Gasteiger partial charge in [-0.1, -0.05) is 49.4 Å². The van der Waals surface area contributed by atoms with E-state index in [4.69, 9.17) is 0 Å². The number of hydrogen-bond donors (Lipinski definition) is 1. The predicted molar refractivity (Wildman–Crippen MR) is 88.6 cm³/mol. The smallest absolute Gasteiger partial charge is 0.128 e. The van der Waals surface area contributed by atoms with Crippen LogP contribution in [0, 0.1) is 11.7 Å². The molecule has 1 N–H and O–H groups in total. The van der Waals surface area contributed by atoms with Crippen LogP contribution in [0.2, 0.25) is 0 Å². The second-order valence-electron chi connectivity index (χ2n) is 6.27. The third-order valence-electron chi connectivity index (χ3n) is 5.08. The second-order valence-corrected chi connectivity index (χ2v) is 6.27. The summed E-state index contributed by atoms with van der Waals surface area (Å²) in [6.45, 7) is 2.18. The summed E-state index contributed by atoms with van der Waals surface area (Å²) in [5.41, 5.74) is 4.67. The van der Waals surface area contributed by atoms with Gasteiger partial charge in [-0.15, -0.1) is 0 Å². The zero-order valence-electron chi connectivity index (χ0n) is 12.7. The normalized spacial score (nSPS) is 25.5. The van der Waals surface area contributed by atoms with Crippen molar-refractivity contribution in [3.63, 3.8) is 0 Å². The molecule has 2 heteroatoms. The molecule has 2 aromatic rings. The molecule has 1 aliphatic carbocycles. The standard InChI is InChI=1S/C20H20FN/c1-2-13-10-11-19-17(12-13)14-7-5-8-15(14)20(22-19)16-6-3-4-9-18(16)21/h3-7,9-12,14-15,20,22H,2,8H2,1H3/t14-,15-,20+/m1/s1. The van der Waals surface area contributed by atoms with Crippen LogP contribution in [0.4, 0.5) is 10.1 Å². The van der Waals surface area contributed by atoms with Crippen LogP contribution in [0.1, 0.15) is 42.0 Å². The Morgan fingerprint density at radius 1 is 1.14 bits per heavy atom. The summed E-state index contributed by atoms with van der Waals surface area (Å²) in [4.78, 5) is 0. The first-order chi connectivity index (χ1) is 10.8. The summed E-state index contributed by atoms with van der Waals surface area (Å²) >= 11 is 0. The lowest BCUT2D eigenvalue weighted by molar-refractivity contribution is 0.413. The van der Waals surface area contributed by atoms with E-state index < -0.39 is 0 Å². The first kappa shape index (κ1) is 13.6. The van der Waals surface area contributed by atoms with Gasteiger partial charge in [-0.2, -0.15) is 0 Å². The topological polar surface area (TPSA) is 12.0 Å². The Labute approximate surface area is 130 Å². The Morgan fingerprint density at radius 3 is 2.82 bits per heavy atom. The van der Waals surface area contributed by atoms with Gasteiger partial charge >= 0.3 is 0 Å². The van der Waals surface area contributed by atoms with Gasteiger partial charge in [0.15, 0.2) is 0 Å². The zero-order chi connectivity index (χ0) is 15.1. The van der Waals surface area contributed by atoms with Crippen molar-refractivity contribution in [2.75, 3.05) is 5.32 Å². The average molecular weight is 293 g/mol. The van der Waals surface area contributed by atoms with E-state index in [2.05, 4.69) is 42.6 Å². The van der Waals surface area contributed by atoms with Gasteiger partial charge in [-0.3, -0.25) is 0 Å². The number of anilines is 1. The molecule has 1 heterocycles. The number of halogens is 1. The lowest BCUT2D eigenvalue weighted by atomic mass is 9.76. The number of allylic oxidation sites excluding steroid dienone is 2. The maximum atomic E-state index is 14.3. The second kappa shape index (κ2) is 5.28. The van der Waals surface area contributed by atoms with Crippen molar-refractivity contribution < 1.29 is 4.39 Å². The highest BCUT2D eigenvalue weighted by Crippen LogP contribution is 2.50. The van der Waals surface area contributed by atoms with Crippen LogP contribution in [0.25, 0.3) is 0 Å². The molecule has 1 aliphatic heterocycles. The van der Waals surface area contributed by atoms with Crippen LogP contribution in [0.15, 0.2) is 54.6 Å². The summed E-state index contributed by atoms with van der Waals surface area (Å²) in [7, 11) is 0. The van der Waals surface area contributed by atoms with E-state index in [9.17, 15) is 4.39 Å². The number of aryl methyl sites for hydroxylation is 1. The average Bonchev–Trinajstić information content (AvgIpc) is 3.04. The van der Waals surface area contributed by atoms with E-state index in [1.807, 2.05) is 12.1 Å². The van der Waals surface area contributed by atoms with Crippen LogP contribution in [-0.2, 0) is 6.42 Å². The number of rotatable bonds is 2. The Morgan fingerprint density at radius 2 is 2.00 bits per heavy atom. The SMILES string of the molecule is CCc1ccc2c(c1)[C@@H]1C=CC[C@H]1[C@@H](c1ccccc1F)N2. The zero-order valence-corrected chi connectivity index (χ0v) is 12.7. The molecule has 22 heavy (non-hydrogen) atoms. The van der Waals surface area contributed by atoms with Crippen LogP contribution >= 0.6 is 0 Å². The molecule has 2 aromatic carbocycles. The maximum Gasteiger partial charge on any atom is 0.128 e. The van der Waals surface area contributed by atoms with Crippen molar-refractivity contribution in [2.45, 2.75) is 31.7 Å². The summed E-state index contributed by atoms with van der Waals surface area (Å²) in [6.07, 6.45) is 6.60. The van der Waals surface area contributed by atoms with E-state index in [0.29, 0.717) is 11.8 Å². The first-order valence-corrected chi connectivity index (χ1v) is 8.08. The molecule has 0 bridgehead atoms. The molecular weight excluding hydrogens is 273 g/mol. The van der Waals surface area contributed by atoms with Crippen molar-refractivity contribution in [1.29, 1.82) is 0 Å². The van der Waals surface area contributed by atoms with Gasteiger partial charge in [-0.25, -0.2) is 4.39 Å². The lowest BCUT2D eigenvalue weighted by Crippen LogP contribution is -2.29. The van der Waals surface area contributed by atoms with E-state index in [1.165, 1.54) is 11.1 Å². The van der Waals surface area contributed by atoms with Gasteiger partial charge in [0.05, 0.1) is 6.04 Å². The van der Waals surface area contributed by atoms with Crippen molar-refractivity contribution in [3.8, 4) is 0 Å². The highest BCUT2D eigenvalue weighted by atomic mass is 19.1. The molecule has 1 nitrogen and oxygen atoms in total. The molecular formula is C20H20FN. The van der Waals surface area contributed by atoms with Crippen LogP contribution in [-0.4, -0.2) is 0 Å². The Balaban J connectivity index is 1.80. The molecule has 0 saturated carbocycles. The van der Waals surface area contributed by atoms with Crippen molar-refractivity contribution in [3.05, 3.63) is 77.1 Å². The van der Waals surface area contributed by atoms with E-state index >= 15 is 0 Å². The minimum Gasteiger partial charge on any atom is -0.378 e. The molecule has 0 amide bonds. The number of hydrogen-bond acceptors (Lipinski definition) is 1. The van der Waals surface area contributed by atoms with Gasteiger partial charge in [0, 0.05) is 17.2 Å². The van der Waals surface area contributed by atoms with Gasteiger partial charge in [0.1, 0.15) is 5.82 Å². The fourth-order valence-corrected chi connectivity index (χ4v) is 3.90. The van der Waals surface area contributed by atoms with E-state index in [1.54, 1.807) is 12.1 Å². The third kappa shape index (κ3) is 2.06. The minimum absolute atomic E-state index is 0.0428. The molecule has 3 atom stereocenters. The quantitative estimate of drug-likeness (QED) is 0.749. The monoisotopic (exact) mass is 293 g/mol. The van der Waals surface area contributed by atoms with Crippen LogP contribution in [0.5, 0.6) is 0 Å². The first-order valence-electron chi connectivity index (χ1n) is 8.08. The fourth-order valence-electron chi connectivity index (χ4n) is 3.90. The van der Waals surface area contributed by atoms with E-state index in [-0.39, 0.29) is 11.9 Å². The van der Waals surface area contributed by atoms with Gasteiger partial charge < -0.3 is 5.32 Å². The van der Waals surface area contributed by atoms with Gasteiger partial charge in [0.2, 0.25) is 0 Å². The molecule has 0 aromatic heterocycles. The highest BCUT2D eigenvalue weighted by Gasteiger charge is 2.38. The maximum absolute atomic E-state index is 14.3. The van der Waals surface area contributed by atoms with Crippen molar-refractivity contribution in [1.82, 2.24) is 0 Å². The molecule has 0 fully saturated rings. The molecule has 0 spiro atoms. The number of fused-ring (bicyclic) bond motifs is 3. The third-order valence-corrected chi connectivity index (χ3v) is 5.08. The van der Waals surface area contributed by atoms with Gasteiger partial charge in [-0.05, 0) is 42.0 Å². The van der Waals surface area contributed by atoms with Gasteiger partial charge in [0.25, 0.3) is 0 Å². The van der Waals surface area contributed by atoms with Crippen molar-refractivity contribution in [2.24, 2.45) is 5.92 Å². The fraction of sp³-hybridized carbons (Fsp3) is 0.300. The number of benzene rings is 2. The molecule has 0 saturated heterocycles. The molecule has 2 aliphatic rings. The summed E-state index contributed by atoms with van der Waals surface area (Å²) in [5, 5.41) is 3.60. The molecule has 4 rings (SSSR count).